The summed E-state index contributed by atoms with van der Waals surface area (Å²) in [6, 6.07) is 8.64. The van der Waals surface area contributed by atoms with Gasteiger partial charge in [-0.2, -0.15) is 0 Å². The molecule has 0 aliphatic carbocycles. The number of aromatic nitrogens is 2. The number of hydrogen-bond donors (Lipinski definition) is 1. The second-order valence-corrected chi connectivity index (χ2v) is 13.0. The molecule has 35 heavy (non-hydrogen) atoms. The van der Waals surface area contributed by atoms with Crippen molar-refractivity contribution in [3.05, 3.63) is 53.9 Å². The highest BCUT2D eigenvalue weighted by Crippen LogP contribution is 2.32. The fourth-order valence-electron chi connectivity index (χ4n) is 3.32. The lowest BCUT2D eigenvalue weighted by molar-refractivity contribution is -0.116. The first-order chi connectivity index (χ1) is 16.8. The number of alkyl halides is 2. The van der Waals surface area contributed by atoms with Crippen molar-refractivity contribution in [1.82, 2.24) is 9.97 Å². The third kappa shape index (κ3) is 9.22. The maximum absolute atomic E-state index is 12.4. The number of nitrogens with one attached hydrogen (secondary N) is 1. The number of halogens is 2. The highest BCUT2D eigenvalue weighted by Gasteiger charge is 2.19. The summed E-state index contributed by atoms with van der Waals surface area (Å²) in [5.41, 5.74) is 2.41. The Morgan fingerprint density at radius 1 is 1.11 bits per heavy atom. The normalized spacial score (nSPS) is 11.6. The summed E-state index contributed by atoms with van der Waals surface area (Å²) in [6.45, 7) is 8.25. The van der Waals surface area contributed by atoms with E-state index >= 15 is 0 Å². The standard InChI is InChI=1S/C25H32Br2N4O2S2/c1-25(2,3)20-15-28-22(33-20)17-34-23-16-29-24(35-23)30-21(32)6-4-5-18-7-9-19(10-8-18)31(13-11-26)14-12-27/h7-10,15-16H,4-6,11-14,17H2,1-3H3,(H,29,30,32). The number of thioether (sulfide) groups is 1. The molecule has 0 spiro atoms. The molecule has 0 radical (unpaired) electrons. The zero-order valence-corrected chi connectivity index (χ0v) is 25.2. The lowest BCUT2D eigenvalue weighted by Crippen LogP contribution is -2.27. The predicted octanol–water partition coefficient (Wildman–Crippen LogP) is 7.28. The van der Waals surface area contributed by atoms with Crippen molar-refractivity contribution >= 4 is 71.7 Å². The third-order valence-electron chi connectivity index (χ3n) is 5.24. The minimum absolute atomic E-state index is 0.00384. The third-order valence-corrected chi connectivity index (χ3v) is 8.04. The van der Waals surface area contributed by atoms with Crippen molar-refractivity contribution in [3.8, 4) is 0 Å². The Hall–Kier alpha value is -1.36. The number of thiazole rings is 1. The molecule has 2 aromatic heterocycles. The van der Waals surface area contributed by atoms with E-state index in [0.29, 0.717) is 23.2 Å². The van der Waals surface area contributed by atoms with Crippen molar-refractivity contribution in [2.24, 2.45) is 0 Å². The van der Waals surface area contributed by atoms with Crippen LogP contribution in [0.25, 0.3) is 0 Å². The second kappa shape index (κ2) is 13.8. The largest absolute Gasteiger partial charge is 0.444 e. The van der Waals surface area contributed by atoms with E-state index in [1.54, 1.807) is 24.2 Å². The second-order valence-electron chi connectivity index (χ2n) is 9.07. The van der Waals surface area contributed by atoms with Crippen molar-refractivity contribution in [2.45, 2.75) is 55.4 Å². The zero-order valence-electron chi connectivity index (χ0n) is 20.4. The number of anilines is 2. The molecule has 6 nitrogen and oxygen atoms in total. The Morgan fingerprint density at radius 2 is 1.83 bits per heavy atom. The van der Waals surface area contributed by atoms with Gasteiger partial charge in [0, 0.05) is 41.3 Å². The average molecular weight is 644 g/mol. The van der Waals surface area contributed by atoms with Gasteiger partial charge in [0.2, 0.25) is 11.8 Å². The molecule has 3 rings (SSSR count). The molecular formula is C25H32Br2N4O2S2. The van der Waals surface area contributed by atoms with E-state index in [2.05, 4.69) is 97.1 Å². The highest BCUT2D eigenvalue weighted by atomic mass is 79.9. The van der Waals surface area contributed by atoms with Crippen LogP contribution in [0.3, 0.4) is 0 Å². The van der Waals surface area contributed by atoms with Crippen molar-refractivity contribution in [3.63, 3.8) is 0 Å². The summed E-state index contributed by atoms with van der Waals surface area (Å²) in [5, 5.41) is 5.43. The molecule has 1 N–H and O–H groups in total. The zero-order chi connectivity index (χ0) is 25.3. The molecule has 0 fully saturated rings. The van der Waals surface area contributed by atoms with Crippen molar-refractivity contribution < 1.29 is 9.21 Å². The van der Waals surface area contributed by atoms with Gasteiger partial charge in [-0.1, -0.05) is 76.1 Å². The molecule has 1 amide bonds. The number of nitrogens with zero attached hydrogens (tertiary/aromatic N) is 3. The van der Waals surface area contributed by atoms with Crippen LogP contribution in [0.4, 0.5) is 10.8 Å². The van der Waals surface area contributed by atoms with Gasteiger partial charge in [-0.25, -0.2) is 9.97 Å². The van der Waals surface area contributed by atoms with Crippen LogP contribution in [0.2, 0.25) is 0 Å². The van der Waals surface area contributed by atoms with E-state index in [-0.39, 0.29) is 11.3 Å². The van der Waals surface area contributed by atoms with Gasteiger partial charge in [-0.05, 0) is 30.5 Å². The summed E-state index contributed by atoms with van der Waals surface area (Å²) in [6.07, 6.45) is 5.72. The molecule has 0 saturated carbocycles. The molecule has 3 aromatic rings. The molecule has 2 heterocycles. The Labute approximate surface area is 232 Å². The van der Waals surface area contributed by atoms with Gasteiger partial charge in [0.1, 0.15) is 5.76 Å². The molecule has 0 atom stereocenters. The molecule has 0 aliphatic rings. The predicted molar refractivity (Wildman–Crippen MR) is 155 cm³/mol. The van der Waals surface area contributed by atoms with Crippen molar-refractivity contribution in [2.75, 3.05) is 34.0 Å². The smallest absolute Gasteiger partial charge is 0.226 e. The maximum atomic E-state index is 12.4. The van der Waals surface area contributed by atoms with Crippen LogP contribution in [-0.4, -0.2) is 39.6 Å². The van der Waals surface area contributed by atoms with Crippen LogP contribution in [0, 0.1) is 0 Å². The van der Waals surface area contributed by atoms with E-state index < -0.39 is 0 Å². The lowest BCUT2D eigenvalue weighted by Gasteiger charge is -2.23. The van der Waals surface area contributed by atoms with Gasteiger partial charge in [-0.15, -0.1) is 11.8 Å². The van der Waals surface area contributed by atoms with Crippen LogP contribution < -0.4 is 10.2 Å². The Balaban J connectivity index is 1.40. The lowest BCUT2D eigenvalue weighted by atomic mass is 9.94. The fourth-order valence-corrected chi connectivity index (χ4v) is 5.92. The first-order valence-corrected chi connectivity index (χ1v) is 15.6. The molecule has 0 saturated heterocycles. The number of rotatable bonds is 13. The van der Waals surface area contributed by atoms with Gasteiger partial charge in [0.25, 0.3) is 0 Å². The minimum atomic E-state index is -0.0529. The van der Waals surface area contributed by atoms with Gasteiger partial charge in [0.05, 0.1) is 22.4 Å². The molecule has 0 bridgehead atoms. The number of carbonyl (C=O) groups is 1. The van der Waals surface area contributed by atoms with Gasteiger partial charge >= 0.3 is 0 Å². The maximum Gasteiger partial charge on any atom is 0.226 e. The SMILES string of the molecule is CC(C)(C)c1cnc(CSc2cnc(NC(=O)CCCc3ccc(N(CCBr)CCBr)cc3)s2)o1. The monoisotopic (exact) mass is 642 g/mol. The number of hydrogen-bond acceptors (Lipinski definition) is 7. The molecule has 1 aromatic carbocycles. The Kier molecular flexibility index (Phi) is 11.1. The highest BCUT2D eigenvalue weighted by molar-refractivity contribution is 9.09. The van der Waals surface area contributed by atoms with E-state index in [4.69, 9.17) is 4.42 Å². The number of oxazole rings is 1. The van der Waals surface area contributed by atoms with Crippen LogP contribution in [0.5, 0.6) is 0 Å². The number of amides is 1. The molecular weight excluding hydrogens is 612 g/mol. The summed E-state index contributed by atoms with van der Waals surface area (Å²) in [4.78, 5) is 23.4. The first kappa shape index (κ1) is 28.2. The molecule has 0 aliphatic heterocycles. The van der Waals surface area contributed by atoms with E-state index in [9.17, 15) is 4.79 Å². The quantitative estimate of drug-likeness (QED) is 0.156. The summed E-state index contributed by atoms with van der Waals surface area (Å²) >= 11 is 10.1. The Morgan fingerprint density at radius 3 is 2.46 bits per heavy atom. The Bertz CT molecular complexity index is 1060. The van der Waals surface area contributed by atoms with E-state index in [1.165, 1.54) is 22.6 Å². The minimum Gasteiger partial charge on any atom is -0.444 e. The van der Waals surface area contributed by atoms with Gasteiger partial charge < -0.3 is 14.6 Å². The first-order valence-electron chi connectivity index (χ1n) is 11.6. The molecule has 0 unspecified atom stereocenters. The van der Waals surface area contributed by atoms with E-state index in [1.807, 2.05) is 0 Å². The summed E-state index contributed by atoms with van der Waals surface area (Å²) in [5.74, 6) is 2.21. The fraction of sp³-hybridized carbons (Fsp3) is 0.480. The van der Waals surface area contributed by atoms with Gasteiger partial charge in [0.15, 0.2) is 5.13 Å². The van der Waals surface area contributed by atoms with Crippen LogP contribution in [-0.2, 0) is 22.4 Å². The topological polar surface area (TPSA) is 71.3 Å². The van der Waals surface area contributed by atoms with Crippen LogP contribution in [0.1, 0.15) is 50.8 Å². The molecule has 10 heteroatoms. The summed E-state index contributed by atoms with van der Waals surface area (Å²) < 4.78 is 6.86. The van der Waals surface area contributed by atoms with Crippen LogP contribution >= 0.6 is 55.0 Å². The average Bonchev–Trinajstić information content (AvgIpc) is 3.47. The summed E-state index contributed by atoms with van der Waals surface area (Å²) in [7, 11) is 0. The number of carbonyl (C=O) groups excluding carboxylic acids is 1. The van der Waals surface area contributed by atoms with Crippen molar-refractivity contribution in [1.29, 1.82) is 0 Å². The van der Waals surface area contributed by atoms with Crippen LogP contribution in [0.15, 0.2) is 45.3 Å². The van der Waals surface area contributed by atoms with E-state index in [0.717, 1.165) is 46.6 Å². The molecule has 190 valence electrons. The van der Waals surface area contributed by atoms with Gasteiger partial charge in [-0.3, -0.25) is 4.79 Å². The number of aryl methyl sites for hydroxylation is 1. The number of benzene rings is 1.